The molecule has 0 spiro atoms. The fraction of sp³-hybridized carbons (Fsp3) is 0.533. The van der Waals surface area contributed by atoms with Crippen LogP contribution in [0.4, 0.5) is 8.78 Å². The SMILES string of the molecule is CCCNC(C)(CCCOc1c(F)cccc1F)C(N)=O. The number of amides is 1. The number of hydrogen-bond acceptors (Lipinski definition) is 3. The predicted molar refractivity (Wildman–Crippen MR) is 77.0 cm³/mol. The Balaban J connectivity index is 2.50. The van der Waals surface area contributed by atoms with Gasteiger partial charge in [-0.05, 0) is 44.9 Å². The Labute approximate surface area is 123 Å². The van der Waals surface area contributed by atoms with Gasteiger partial charge in [-0.1, -0.05) is 13.0 Å². The largest absolute Gasteiger partial charge is 0.488 e. The van der Waals surface area contributed by atoms with Crippen LogP contribution in [-0.4, -0.2) is 24.6 Å². The number of nitrogens with two attached hydrogens (primary N) is 1. The van der Waals surface area contributed by atoms with E-state index in [1.54, 1.807) is 6.92 Å². The van der Waals surface area contributed by atoms with E-state index in [4.69, 9.17) is 10.5 Å². The van der Waals surface area contributed by atoms with Crippen LogP contribution in [0, 0.1) is 11.6 Å². The van der Waals surface area contributed by atoms with Crippen molar-refractivity contribution >= 4 is 5.91 Å². The number of halogens is 2. The minimum absolute atomic E-state index is 0.106. The molecule has 0 heterocycles. The maximum Gasteiger partial charge on any atom is 0.237 e. The van der Waals surface area contributed by atoms with E-state index in [-0.39, 0.29) is 12.4 Å². The van der Waals surface area contributed by atoms with Gasteiger partial charge < -0.3 is 15.8 Å². The molecule has 0 aromatic heterocycles. The van der Waals surface area contributed by atoms with Gasteiger partial charge in [0.2, 0.25) is 5.91 Å². The summed E-state index contributed by atoms with van der Waals surface area (Å²) in [6, 6.07) is 3.54. The highest BCUT2D eigenvalue weighted by Gasteiger charge is 2.29. The molecule has 0 aliphatic rings. The van der Waals surface area contributed by atoms with Crippen LogP contribution < -0.4 is 15.8 Å². The normalized spacial score (nSPS) is 13.7. The smallest absolute Gasteiger partial charge is 0.237 e. The maximum absolute atomic E-state index is 13.4. The Hall–Kier alpha value is -1.69. The first-order valence-corrected chi connectivity index (χ1v) is 7.02. The lowest BCUT2D eigenvalue weighted by atomic mass is 9.95. The molecule has 0 radical (unpaired) electrons. The van der Waals surface area contributed by atoms with Crippen LogP contribution in [0.25, 0.3) is 0 Å². The summed E-state index contributed by atoms with van der Waals surface area (Å²) in [4.78, 5) is 11.5. The van der Waals surface area contributed by atoms with E-state index in [0.717, 1.165) is 18.6 Å². The van der Waals surface area contributed by atoms with Crippen molar-refractivity contribution in [2.24, 2.45) is 5.73 Å². The number of carbonyl (C=O) groups excluding carboxylic acids is 1. The van der Waals surface area contributed by atoms with Gasteiger partial charge in [0.15, 0.2) is 17.4 Å². The van der Waals surface area contributed by atoms with Gasteiger partial charge in [-0.2, -0.15) is 0 Å². The molecule has 1 amide bonds. The minimum atomic E-state index is -0.840. The molecule has 4 nitrogen and oxygen atoms in total. The molecule has 0 fully saturated rings. The molecular formula is C15H22F2N2O2. The summed E-state index contributed by atoms with van der Waals surface area (Å²) in [7, 11) is 0. The number of primary amides is 1. The van der Waals surface area contributed by atoms with Crippen LogP contribution in [0.5, 0.6) is 5.75 Å². The first-order valence-electron chi connectivity index (χ1n) is 7.02. The zero-order valence-corrected chi connectivity index (χ0v) is 12.4. The number of para-hydroxylation sites is 1. The van der Waals surface area contributed by atoms with Gasteiger partial charge in [0.1, 0.15) is 0 Å². The molecule has 0 aliphatic heterocycles. The summed E-state index contributed by atoms with van der Waals surface area (Å²) >= 11 is 0. The zero-order valence-electron chi connectivity index (χ0n) is 12.4. The van der Waals surface area contributed by atoms with Gasteiger partial charge in [-0.3, -0.25) is 4.79 Å². The third kappa shape index (κ3) is 4.97. The van der Waals surface area contributed by atoms with E-state index in [2.05, 4.69) is 5.32 Å². The Morgan fingerprint density at radius 3 is 2.52 bits per heavy atom. The second-order valence-corrected chi connectivity index (χ2v) is 5.13. The second kappa shape index (κ2) is 7.93. The van der Waals surface area contributed by atoms with Crippen molar-refractivity contribution in [3.05, 3.63) is 29.8 Å². The Bertz CT molecular complexity index is 462. The number of hydrogen-bond donors (Lipinski definition) is 2. The van der Waals surface area contributed by atoms with Crippen molar-refractivity contribution in [2.75, 3.05) is 13.2 Å². The van der Waals surface area contributed by atoms with Gasteiger partial charge in [-0.25, -0.2) is 8.78 Å². The summed E-state index contributed by atoms with van der Waals surface area (Å²) in [5.41, 5.74) is 4.55. The molecule has 0 aliphatic carbocycles. The lowest BCUT2D eigenvalue weighted by molar-refractivity contribution is -0.124. The van der Waals surface area contributed by atoms with Gasteiger partial charge in [0.25, 0.3) is 0 Å². The summed E-state index contributed by atoms with van der Waals surface area (Å²) in [5, 5.41) is 3.09. The van der Waals surface area contributed by atoms with Crippen LogP contribution in [0.3, 0.4) is 0 Å². The molecule has 21 heavy (non-hydrogen) atoms. The van der Waals surface area contributed by atoms with E-state index >= 15 is 0 Å². The van der Waals surface area contributed by atoms with Gasteiger partial charge in [-0.15, -0.1) is 0 Å². The fourth-order valence-corrected chi connectivity index (χ4v) is 1.92. The number of benzene rings is 1. The van der Waals surface area contributed by atoms with Crippen LogP contribution in [0.15, 0.2) is 18.2 Å². The maximum atomic E-state index is 13.4. The Morgan fingerprint density at radius 2 is 2.00 bits per heavy atom. The average molecular weight is 300 g/mol. The first kappa shape index (κ1) is 17.4. The molecule has 1 atom stereocenters. The molecule has 0 saturated carbocycles. The van der Waals surface area contributed by atoms with Crippen LogP contribution in [0.1, 0.15) is 33.1 Å². The van der Waals surface area contributed by atoms with Gasteiger partial charge in [0.05, 0.1) is 12.1 Å². The van der Waals surface area contributed by atoms with E-state index in [1.807, 2.05) is 6.92 Å². The Morgan fingerprint density at radius 1 is 1.38 bits per heavy atom. The summed E-state index contributed by atoms with van der Waals surface area (Å²) < 4.78 is 31.8. The summed E-state index contributed by atoms with van der Waals surface area (Å²) in [5.74, 6) is -2.32. The third-order valence-corrected chi connectivity index (χ3v) is 3.30. The average Bonchev–Trinajstić information content (AvgIpc) is 2.43. The lowest BCUT2D eigenvalue weighted by Gasteiger charge is -2.27. The quantitative estimate of drug-likeness (QED) is 0.688. The van der Waals surface area contributed by atoms with Crippen molar-refractivity contribution in [3.8, 4) is 5.75 Å². The zero-order chi connectivity index (χ0) is 15.9. The number of rotatable bonds is 9. The van der Waals surface area contributed by atoms with E-state index in [9.17, 15) is 13.6 Å². The van der Waals surface area contributed by atoms with Crippen LogP contribution >= 0.6 is 0 Å². The fourth-order valence-electron chi connectivity index (χ4n) is 1.92. The molecule has 1 rings (SSSR count). The highest BCUT2D eigenvalue weighted by Crippen LogP contribution is 2.21. The first-order chi connectivity index (χ1) is 9.90. The second-order valence-electron chi connectivity index (χ2n) is 5.13. The van der Waals surface area contributed by atoms with Crippen LogP contribution in [-0.2, 0) is 4.79 Å². The van der Waals surface area contributed by atoms with Crippen molar-refractivity contribution in [1.82, 2.24) is 5.32 Å². The van der Waals surface area contributed by atoms with Gasteiger partial charge in [0, 0.05) is 0 Å². The van der Waals surface area contributed by atoms with Crippen molar-refractivity contribution in [2.45, 2.75) is 38.6 Å². The lowest BCUT2D eigenvalue weighted by Crippen LogP contribution is -2.53. The molecular weight excluding hydrogens is 278 g/mol. The molecule has 0 bridgehead atoms. The summed E-state index contributed by atoms with van der Waals surface area (Å²) in [6.07, 6.45) is 1.75. The van der Waals surface area contributed by atoms with E-state index < -0.39 is 23.1 Å². The molecule has 1 unspecified atom stereocenters. The van der Waals surface area contributed by atoms with Gasteiger partial charge >= 0.3 is 0 Å². The topological polar surface area (TPSA) is 64.3 Å². The summed E-state index contributed by atoms with van der Waals surface area (Å²) in [6.45, 7) is 4.48. The molecule has 1 aromatic rings. The molecule has 1 aromatic carbocycles. The highest BCUT2D eigenvalue weighted by atomic mass is 19.1. The van der Waals surface area contributed by atoms with Crippen molar-refractivity contribution < 1.29 is 18.3 Å². The minimum Gasteiger partial charge on any atom is -0.488 e. The number of ether oxygens (including phenoxy) is 1. The highest BCUT2D eigenvalue weighted by molar-refractivity contribution is 5.84. The standard InChI is InChI=1S/C15H22F2N2O2/c1-3-9-19-15(2,14(18)20)8-5-10-21-13-11(16)6-4-7-12(13)17/h4,6-7,19H,3,5,8-10H2,1-2H3,(H2,18,20). The predicted octanol–water partition coefficient (Wildman–Crippen LogP) is 2.37. The molecule has 0 saturated heterocycles. The number of nitrogens with one attached hydrogen (secondary N) is 1. The Kier molecular flexibility index (Phi) is 6.55. The van der Waals surface area contributed by atoms with E-state index in [0.29, 0.717) is 19.4 Å². The number of carbonyl (C=O) groups is 1. The monoisotopic (exact) mass is 300 g/mol. The van der Waals surface area contributed by atoms with Crippen LogP contribution in [0.2, 0.25) is 0 Å². The van der Waals surface area contributed by atoms with Crippen molar-refractivity contribution in [3.63, 3.8) is 0 Å². The van der Waals surface area contributed by atoms with Crippen molar-refractivity contribution in [1.29, 1.82) is 0 Å². The van der Waals surface area contributed by atoms with E-state index in [1.165, 1.54) is 6.07 Å². The molecule has 6 heteroatoms. The molecule has 118 valence electrons. The third-order valence-electron chi connectivity index (χ3n) is 3.30. The molecule has 3 N–H and O–H groups in total.